The van der Waals surface area contributed by atoms with Gasteiger partial charge in [-0.1, -0.05) is 22.0 Å². The fraction of sp³-hybridized carbons (Fsp3) is 0.154. The molecular formula is C13H12BrNO2S. The van der Waals surface area contributed by atoms with Crippen molar-refractivity contribution >= 4 is 38.9 Å². The predicted molar refractivity (Wildman–Crippen MR) is 77.5 cm³/mol. The van der Waals surface area contributed by atoms with E-state index in [2.05, 4.69) is 21.2 Å². The topological polar surface area (TPSA) is 49.3 Å². The van der Waals surface area contributed by atoms with E-state index < -0.39 is 5.97 Å². The zero-order valence-corrected chi connectivity index (χ0v) is 12.1. The van der Waals surface area contributed by atoms with Gasteiger partial charge in [0, 0.05) is 27.0 Å². The normalized spacial score (nSPS) is 10.3. The van der Waals surface area contributed by atoms with Crippen molar-refractivity contribution in [2.45, 2.75) is 13.5 Å². The van der Waals surface area contributed by atoms with Crippen molar-refractivity contribution in [1.29, 1.82) is 0 Å². The molecule has 2 N–H and O–H groups in total. The van der Waals surface area contributed by atoms with Crippen LogP contribution in [0.5, 0.6) is 0 Å². The maximum absolute atomic E-state index is 10.8. The molecule has 2 rings (SSSR count). The molecule has 18 heavy (non-hydrogen) atoms. The summed E-state index contributed by atoms with van der Waals surface area (Å²) in [7, 11) is 0. The van der Waals surface area contributed by atoms with Gasteiger partial charge in [-0.05, 0) is 30.7 Å². The number of thiophene rings is 1. The van der Waals surface area contributed by atoms with Crippen LogP contribution in [0, 0.1) is 6.92 Å². The highest BCUT2D eigenvalue weighted by Crippen LogP contribution is 2.22. The van der Waals surface area contributed by atoms with E-state index in [1.807, 2.05) is 25.1 Å². The Morgan fingerprint density at radius 3 is 2.89 bits per heavy atom. The third kappa shape index (κ3) is 3.11. The fourth-order valence-electron chi connectivity index (χ4n) is 1.55. The Hall–Kier alpha value is -1.33. The molecule has 0 radical (unpaired) electrons. The summed E-state index contributed by atoms with van der Waals surface area (Å²) in [5, 5.41) is 13.8. The first-order valence-electron chi connectivity index (χ1n) is 5.37. The van der Waals surface area contributed by atoms with Gasteiger partial charge in [0.1, 0.15) is 0 Å². The van der Waals surface area contributed by atoms with Gasteiger partial charge in [-0.3, -0.25) is 0 Å². The molecule has 1 aromatic carbocycles. The van der Waals surface area contributed by atoms with E-state index in [-0.39, 0.29) is 0 Å². The smallest absolute Gasteiger partial charge is 0.336 e. The number of hydrogen-bond acceptors (Lipinski definition) is 3. The van der Waals surface area contributed by atoms with Gasteiger partial charge in [-0.2, -0.15) is 0 Å². The Kier molecular flexibility index (Phi) is 4.04. The number of rotatable bonds is 4. The minimum Gasteiger partial charge on any atom is -0.478 e. The Morgan fingerprint density at radius 1 is 1.44 bits per heavy atom. The minimum atomic E-state index is -0.879. The van der Waals surface area contributed by atoms with Gasteiger partial charge in [0.2, 0.25) is 0 Å². The molecule has 2 aromatic rings. The molecular weight excluding hydrogens is 314 g/mol. The zero-order chi connectivity index (χ0) is 13.1. The van der Waals surface area contributed by atoms with Gasteiger partial charge < -0.3 is 10.4 Å². The summed E-state index contributed by atoms with van der Waals surface area (Å²) in [6.45, 7) is 2.67. The number of anilines is 1. The van der Waals surface area contributed by atoms with Crippen LogP contribution in [0.2, 0.25) is 0 Å². The van der Waals surface area contributed by atoms with Crippen molar-refractivity contribution in [2.24, 2.45) is 0 Å². The highest BCUT2D eigenvalue weighted by Gasteiger charge is 2.06. The summed E-state index contributed by atoms with van der Waals surface area (Å²) in [6, 6.07) is 7.74. The zero-order valence-electron chi connectivity index (χ0n) is 9.74. The molecule has 1 heterocycles. The lowest BCUT2D eigenvalue weighted by Gasteiger charge is -2.08. The summed E-state index contributed by atoms with van der Waals surface area (Å²) < 4.78 is 1.02. The molecule has 0 aliphatic carbocycles. The lowest BCUT2D eigenvalue weighted by Crippen LogP contribution is -1.99. The molecule has 0 fully saturated rings. The van der Waals surface area contributed by atoms with E-state index >= 15 is 0 Å². The van der Waals surface area contributed by atoms with Crippen molar-refractivity contribution < 1.29 is 9.90 Å². The molecule has 0 atom stereocenters. The van der Waals surface area contributed by atoms with Gasteiger partial charge >= 0.3 is 5.97 Å². The molecule has 0 spiro atoms. The van der Waals surface area contributed by atoms with E-state index in [0.29, 0.717) is 12.1 Å². The molecule has 0 saturated carbocycles. The first kappa shape index (κ1) is 13.1. The highest BCUT2D eigenvalue weighted by atomic mass is 79.9. The molecule has 5 heteroatoms. The summed E-state index contributed by atoms with van der Waals surface area (Å²) in [6.07, 6.45) is 0. The Bertz CT molecular complexity index is 580. The van der Waals surface area contributed by atoms with E-state index in [1.165, 1.54) is 11.3 Å². The van der Waals surface area contributed by atoms with Crippen molar-refractivity contribution in [1.82, 2.24) is 0 Å². The predicted octanol–water partition coefficient (Wildman–Crippen LogP) is 4.13. The number of halogens is 1. The first-order valence-corrected chi connectivity index (χ1v) is 7.04. The SMILES string of the molecule is Cc1ccc(Br)cc1NCc1cc(C(=O)O)cs1. The molecule has 94 valence electrons. The van der Waals surface area contributed by atoms with Crippen molar-refractivity contribution in [3.63, 3.8) is 0 Å². The van der Waals surface area contributed by atoms with E-state index in [1.54, 1.807) is 11.4 Å². The van der Waals surface area contributed by atoms with Gasteiger partial charge in [0.15, 0.2) is 0 Å². The van der Waals surface area contributed by atoms with E-state index in [9.17, 15) is 4.79 Å². The van der Waals surface area contributed by atoms with Crippen LogP contribution in [0.4, 0.5) is 5.69 Å². The minimum absolute atomic E-state index is 0.350. The lowest BCUT2D eigenvalue weighted by molar-refractivity contribution is 0.0697. The Labute approximate surface area is 118 Å². The maximum Gasteiger partial charge on any atom is 0.336 e. The molecule has 0 bridgehead atoms. The number of aryl methyl sites for hydroxylation is 1. The van der Waals surface area contributed by atoms with Crippen LogP contribution in [0.3, 0.4) is 0 Å². The second kappa shape index (κ2) is 5.54. The second-order valence-corrected chi connectivity index (χ2v) is 5.83. The standard InChI is InChI=1S/C13H12BrNO2S/c1-8-2-3-10(14)5-12(8)15-6-11-4-9(7-18-11)13(16)17/h2-5,7,15H,6H2,1H3,(H,16,17). The van der Waals surface area contributed by atoms with Crippen LogP contribution < -0.4 is 5.32 Å². The Balaban J connectivity index is 2.06. The third-order valence-electron chi connectivity index (χ3n) is 2.55. The quantitative estimate of drug-likeness (QED) is 0.888. The fourth-order valence-corrected chi connectivity index (χ4v) is 2.71. The van der Waals surface area contributed by atoms with E-state index in [4.69, 9.17) is 5.11 Å². The monoisotopic (exact) mass is 325 g/mol. The van der Waals surface area contributed by atoms with Crippen LogP contribution in [-0.2, 0) is 6.54 Å². The molecule has 1 aromatic heterocycles. The average Bonchev–Trinajstić information content (AvgIpc) is 2.79. The molecule has 0 aliphatic heterocycles. The van der Waals surface area contributed by atoms with Gasteiger partial charge in [-0.15, -0.1) is 11.3 Å². The molecule has 0 unspecified atom stereocenters. The van der Waals surface area contributed by atoms with Gasteiger partial charge in [0.05, 0.1) is 5.56 Å². The number of benzene rings is 1. The highest BCUT2D eigenvalue weighted by molar-refractivity contribution is 9.10. The number of aromatic carboxylic acids is 1. The van der Waals surface area contributed by atoms with Crippen molar-refractivity contribution in [3.8, 4) is 0 Å². The molecule has 3 nitrogen and oxygen atoms in total. The lowest BCUT2D eigenvalue weighted by atomic mass is 10.2. The summed E-state index contributed by atoms with van der Waals surface area (Å²) >= 11 is 4.88. The number of carboxylic acids is 1. The van der Waals surface area contributed by atoms with Crippen LogP contribution in [0.15, 0.2) is 34.1 Å². The van der Waals surface area contributed by atoms with Crippen LogP contribution in [0.25, 0.3) is 0 Å². The number of nitrogens with one attached hydrogen (secondary N) is 1. The van der Waals surface area contributed by atoms with E-state index in [0.717, 1.165) is 20.6 Å². The average molecular weight is 326 g/mol. The number of carboxylic acid groups (broad SMARTS) is 1. The Morgan fingerprint density at radius 2 is 2.22 bits per heavy atom. The molecule has 0 amide bonds. The first-order chi connectivity index (χ1) is 8.56. The summed E-state index contributed by atoms with van der Waals surface area (Å²) in [5.74, 6) is -0.879. The number of carbonyl (C=O) groups is 1. The number of hydrogen-bond donors (Lipinski definition) is 2. The summed E-state index contributed by atoms with van der Waals surface area (Å²) in [5.41, 5.74) is 2.56. The van der Waals surface area contributed by atoms with Crippen LogP contribution >= 0.6 is 27.3 Å². The van der Waals surface area contributed by atoms with Gasteiger partial charge in [-0.25, -0.2) is 4.79 Å². The third-order valence-corrected chi connectivity index (χ3v) is 3.98. The van der Waals surface area contributed by atoms with Crippen LogP contribution in [0.1, 0.15) is 20.8 Å². The molecule has 0 aliphatic rings. The maximum atomic E-state index is 10.8. The van der Waals surface area contributed by atoms with Crippen LogP contribution in [-0.4, -0.2) is 11.1 Å². The molecule has 0 saturated heterocycles. The largest absolute Gasteiger partial charge is 0.478 e. The van der Waals surface area contributed by atoms with Crippen molar-refractivity contribution in [3.05, 3.63) is 50.1 Å². The van der Waals surface area contributed by atoms with Crippen molar-refractivity contribution in [2.75, 3.05) is 5.32 Å². The van der Waals surface area contributed by atoms with Gasteiger partial charge in [0.25, 0.3) is 0 Å². The second-order valence-electron chi connectivity index (χ2n) is 3.92. The summed E-state index contributed by atoms with van der Waals surface area (Å²) in [4.78, 5) is 11.8.